The van der Waals surface area contributed by atoms with Crippen LogP contribution in [0.3, 0.4) is 0 Å². The molecule has 2 aromatic heterocycles. The van der Waals surface area contributed by atoms with Gasteiger partial charge in [-0.15, -0.1) is 5.10 Å². The van der Waals surface area contributed by atoms with Crippen molar-refractivity contribution >= 4 is 34.5 Å². The summed E-state index contributed by atoms with van der Waals surface area (Å²) in [6.45, 7) is 5.12. The van der Waals surface area contributed by atoms with Gasteiger partial charge in [0, 0.05) is 54.8 Å². The first-order chi connectivity index (χ1) is 16.0. The fourth-order valence-corrected chi connectivity index (χ4v) is 4.18. The van der Waals surface area contributed by atoms with Crippen molar-refractivity contribution in [1.82, 2.24) is 19.2 Å². The highest BCUT2D eigenvalue weighted by atomic mass is 35.5. The summed E-state index contributed by atoms with van der Waals surface area (Å²) in [6, 6.07) is 15.1. The van der Waals surface area contributed by atoms with Crippen molar-refractivity contribution < 1.29 is 4.79 Å². The molecule has 168 valence electrons. The number of Topliss-reactive ketones (excluding diaryl/α,β-unsaturated/α-hetero) is 1. The minimum atomic E-state index is -0.366. The van der Waals surface area contributed by atoms with Crippen molar-refractivity contribution in [3.05, 3.63) is 87.6 Å². The number of piperazine rings is 1. The molecule has 0 atom stereocenters. The van der Waals surface area contributed by atoms with Crippen LogP contribution in [-0.2, 0) is 6.54 Å². The van der Waals surface area contributed by atoms with Crippen molar-refractivity contribution in [3.63, 3.8) is 0 Å². The summed E-state index contributed by atoms with van der Waals surface area (Å²) in [5.74, 6) is 0.439. The molecular formula is C24H23ClN6O2. The van der Waals surface area contributed by atoms with E-state index >= 15 is 0 Å². The van der Waals surface area contributed by atoms with Crippen molar-refractivity contribution in [3.8, 4) is 0 Å². The van der Waals surface area contributed by atoms with E-state index in [4.69, 9.17) is 11.6 Å². The Kier molecular flexibility index (Phi) is 5.60. The van der Waals surface area contributed by atoms with Crippen LogP contribution >= 0.6 is 11.6 Å². The molecule has 2 aromatic carbocycles. The summed E-state index contributed by atoms with van der Waals surface area (Å²) >= 11 is 5.90. The Morgan fingerprint density at radius 2 is 1.64 bits per heavy atom. The van der Waals surface area contributed by atoms with Crippen molar-refractivity contribution in [1.29, 1.82) is 0 Å². The quantitative estimate of drug-likeness (QED) is 0.424. The van der Waals surface area contributed by atoms with E-state index in [1.54, 1.807) is 36.7 Å². The molecule has 0 aliphatic carbocycles. The first kappa shape index (κ1) is 21.2. The molecular weight excluding hydrogens is 440 g/mol. The smallest absolute Gasteiger partial charge is 0.350 e. The van der Waals surface area contributed by atoms with Crippen LogP contribution in [-0.4, -0.2) is 51.1 Å². The van der Waals surface area contributed by atoms with Gasteiger partial charge in [0.1, 0.15) is 6.54 Å². The Hall–Kier alpha value is -3.65. The lowest BCUT2D eigenvalue weighted by Crippen LogP contribution is -2.47. The lowest BCUT2D eigenvalue weighted by Gasteiger charge is -2.36. The molecule has 3 heterocycles. The number of hydrogen-bond donors (Lipinski definition) is 0. The fourth-order valence-electron chi connectivity index (χ4n) is 4.06. The summed E-state index contributed by atoms with van der Waals surface area (Å²) in [5, 5.41) is 5.01. The Morgan fingerprint density at radius 1 is 0.970 bits per heavy atom. The summed E-state index contributed by atoms with van der Waals surface area (Å²) < 4.78 is 2.64. The minimum Gasteiger partial charge on any atom is -0.368 e. The van der Waals surface area contributed by atoms with Crippen LogP contribution in [0, 0.1) is 6.92 Å². The van der Waals surface area contributed by atoms with Gasteiger partial charge in [0.05, 0.1) is 0 Å². The lowest BCUT2D eigenvalue weighted by molar-refractivity contribution is 0.0966. The van der Waals surface area contributed by atoms with Gasteiger partial charge in [-0.2, -0.15) is 0 Å². The van der Waals surface area contributed by atoms with E-state index in [0.29, 0.717) is 22.1 Å². The molecule has 1 saturated heterocycles. The first-order valence-electron chi connectivity index (χ1n) is 10.8. The Morgan fingerprint density at radius 3 is 2.33 bits per heavy atom. The molecule has 0 spiro atoms. The number of carbonyl (C=O) groups excluding carboxylic acids is 1. The van der Waals surface area contributed by atoms with Crippen LogP contribution in [0.25, 0.3) is 5.65 Å². The maximum atomic E-state index is 12.9. The average molecular weight is 463 g/mol. The first-order valence-corrected chi connectivity index (χ1v) is 11.2. The van der Waals surface area contributed by atoms with Crippen molar-refractivity contribution in [2.75, 3.05) is 36.0 Å². The Bertz CT molecular complexity index is 1350. The number of halogens is 1. The molecule has 9 heteroatoms. The van der Waals surface area contributed by atoms with E-state index < -0.39 is 0 Å². The second kappa shape index (κ2) is 8.71. The highest BCUT2D eigenvalue weighted by Gasteiger charge is 2.23. The van der Waals surface area contributed by atoms with E-state index in [2.05, 4.69) is 51.1 Å². The Balaban J connectivity index is 1.36. The highest BCUT2D eigenvalue weighted by molar-refractivity contribution is 6.30. The van der Waals surface area contributed by atoms with Gasteiger partial charge >= 0.3 is 5.69 Å². The third kappa shape index (κ3) is 4.21. The molecule has 0 unspecified atom stereocenters. The second-order valence-electron chi connectivity index (χ2n) is 8.12. The molecule has 5 rings (SSSR count). The van der Waals surface area contributed by atoms with Crippen LogP contribution in [0.15, 0.2) is 65.7 Å². The third-order valence-corrected chi connectivity index (χ3v) is 6.17. The van der Waals surface area contributed by atoms with Gasteiger partial charge in [0.25, 0.3) is 0 Å². The Labute approximate surface area is 195 Å². The minimum absolute atomic E-state index is 0.150. The zero-order chi connectivity index (χ0) is 22.9. The van der Waals surface area contributed by atoms with Gasteiger partial charge in [0.2, 0.25) is 5.65 Å². The maximum Gasteiger partial charge on any atom is 0.350 e. The number of aryl methyl sites for hydroxylation is 1. The zero-order valence-corrected chi connectivity index (χ0v) is 18.9. The summed E-state index contributed by atoms with van der Waals surface area (Å²) in [4.78, 5) is 34.5. The van der Waals surface area contributed by atoms with Crippen LogP contribution < -0.4 is 15.5 Å². The van der Waals surface area contributed by atoms with E-state index in [0.717, 1.165) is 26.2 Å². The number of aromatic nitrogens is 4. The average Bonchev–Trinajstić information content (AvgIpc) is 3.15. The fraction of sp³-hybridized carbons (Fsp3) is 0.250. The molecule has 8 nitrogen and oxygen atoms in total. The van der Waals surface area contributed by atoms with Gasteiger partial charge in [-0.1, -0.05) is 29.3 Å². The van der Waals surface area contributed by atoms with Gasteiger partial charge in [-0.25, -0.2) is 18.9 Å². The summed E-state index contributed by atoms with van der Waals surface area (Å²) in [6.07, 6.45) is 3.18. The molecule has 0 radical (unpaired) electrons. The van der Waals surface area contributed by atoms with E-state index in [-0.39, 0.29) is 18.0 Å². The van der Waals surface area contributed by atoms with Crippen LogP contribution in [0.2, 0.25) is 5.02 Å². The normalized spacial score (nSPS) is 14.1. The van der Waals surface area contributed by atoms with Gasteiger partial charge in [-0.05, 0) is 43.3 Å². The van der Waals surface area contributed by atoms with Gasteiger partial charge < -0.3 is 9.80 Å². The topological polar surface area (TPSA) is 75.7 Å². The number of ketones is 1. The maximum absolute atomic E-state index is 12.9. The predicted molar refractivity (Wildman–Crippen MR) is 129 cm³/mol. The molecule has 0 N–H and O–H groups in total. The highest BCUT2D eigenvalue weighted by Crippen LogP contribution is 2.21. The SMILES string of the molecule is Cc1ccc(N2CCN(c3nccn4c(=O)n(CC(=O)c5ccc(Cl)cc5)nc34)CC2)cc1. The summed E-state index contributed by atoms with van der Waals surface area (Å²) in [5.41, 5.74) is 3.01. The molecule has 33 heavy (non-hydrogen) atoms. The molecule has 1 aliphatic rings. The van der Waals surface area contributed by atoms with Crippen LogP contribution in [0.1, 0.15) is 15.9 Å². The predicted octanol–water partition coefficient (Wildman–Crippen LogP) is 3.06. The molecule has 4 aromatic rings. The molecule has 1 aliphatic heterocycles. The van der Waals surface area contributed by atoms with Crippen LogP contribution in [0.4, 0.5) is 11.5 Å². The lowest BCUT2D eigenvalue weighted by atomic mass is 10.1. The van der Waals surface area contributed by atoms with Crippen molar-refractivity contribution in [2.24, 2.45) is 0 Å². The molecule has 0 amide bonds. The number of anilines is 2. The number of carbonyl (C=O) groups is 1. The van der Waals surface area contributed by atoms with E-state index in [9.17, 15) is 9.59 Å². The number of fused-ring (bicyclic) bond motifs is 1. The van der Waals surface area contributed by atoms with E-state index in [1.807, 2.05) is 0 Å². The van der Waals surface area contributed by atoms with Gasteiger partial charge in [-0.3, -0.25) is 4.79 Å². The zero-order valence-electron chi connectivity index (χ0n) is 18.2. The number of nitrogens with zero attached hydrogens (tertiary/aromatic N) is 6. The number of hydrogen-bond acceptors (Lipinski definition) is 6. The standard InChI is InChI=1S/C24H23ClN6O2/c1-17-2-8-20(9-3-17)28-12-14-29(15-13-28)22-23-27-31(24(33)30(23)11-10-26-22)16-21(32)18-4-6-19(25)7-5-18/h2-11H,12-16H2,1H3. The third-order valence-electron chi connectivity index (χ3n) is 5.92. The second-order valence-corrected chi connectivity index (χ2v) is 8.56. The summed E-state index contributed by atoms with van der Waals surface area (Å²) in [7, 11) is 0. The largest absolute Gasteiger partial charge is 0.368 e. The van der Waals surface area contributed by atoms with Crippen molar-refractivity contribution in [2.45, 2.75) is 13.5 Å². The number of benzene rings is 2. The number of rotatable bonds is 5. The monoisotopic (exact) mass is 462 g/mol. The molecule has 1 fully saturated rings. The molecule has 0 bridgehead atoms. The molecule has 0 saturated carbocycles. The van der Waals surface area contributed by atoms with E-state index in [1.165, 1.54) is 20.3 Å². The van der Waals surface area contributed by atoms with Crippen LogP contribution in [0.5, 0.6) is 0 Å². The van der Waals surface area contributed by atoms with Gasteiger partial charge in [0.15, 0.2) is 11.6 Å².